The lowest BCUT2D eigenvalue weighted by molar-refractivity contribution is 0.301. The highest BCUT2D eigenvalue weighted by Crippen LogP contribution is 2.41. The van der Waals surface area contributed by atoms with E-state index in [4.69, 9.17) is 4.98 Å². The summed E-state index contributed by atoms with van der Waals surface area (Å²) in [7, 11) is 1.94. The minimum atomic E-state index is 0.491. The molecule has 20 heavy (non-hydrogen) atoms. The Balaban J connectivity index is 1.85. The van der Waals surface area contributed by atoms with Crippen LogP contribution >= 0.6 is 0 Å². The maximum atomic E-state index is 4.83. The summed E-state index contributed by atoms with van der Waals surface area (Å²) in [6.07, 6.45) is 6.32. The number of nitrogens with zero attached hydrogens (tertiary/aromatic N) is 3. The molecule has 4 heteroatoms. The van der Waals surface area contributed by atoms with E-state index >= 15 is 0 Å². The highest BCUT2D eigenvalue weighted by molar-refractivity contribution is 5.50. The molecular formula is C16H26N4. The van der Waals surface area contributed by atoms with Crippen molar-refractivity contribution in [2.45, 2.75) is 51.9 Å². The van der Waals surface area contributed by atoms with E-state index in [0.717, 1.165) is 30.5 Å². The molecule has 0 bridgehead atoms. The van der Waals surface area contributed by atoms with Crippen LogP contribution in [0.3, 0.4) is 0 Å². The van der Waals surface area contributed by atoms with Crippen LogP contribution in [-0.2, 0) is 0 Å². The Hall–Kier alpha value is -1.32. The van der Waals surface area contributed by atoms with Gasteiger partial charge in [0, 0.05) is 32.1 Å². The van der Waals surface area contributed by atoms with Crippen LogP contribution in [0.25, 0.3) is 0 Å². The van der Waals surface area contributed by atoms with Gasteiger partial charge in [0.1, 0.15) is 17.5 Å². The van der Waals surface area contributed by atoms with Gasteiger partial charge in [0.15, 0.2) is 0 Å². The molecule has 1 aromatic rings. The zero-order chi connectivity index (χ0) is 14.2. The van der Waals surface area contributed by atoms with Gasteiger partial charge < -0.3 is 10.2 Å². The van der Waals surface area contributed by atoms with Crippen LogP contribution in [-0.4, -0.2) is 30.1 Å². The molecule has 2 fully saturated rings. The lowest BCUT2D eigenvalue weighted by Crippen LogP contribution is -2.27. The number of rotatable bonds is 5. The molecule has 2 heterocycles. The van der Waals surface area contributed by atoms with Crippen molar-refractivity contribution in [3.63, 3.8) is 0 Å². The largest absolute Gasteiger partial charge is 0.373 e. The number of nitrogens with one attached hydrogen (secondary N) is 1. The van der Waals surface area contributed by atoms with Gasteiger partial charge in [-0.1, -0.05) is 13.8 Å². The first-order valence-corrected chi connectivity index (χ1v) is 8.01. The fourth-order valence-corrected chi connectivity index (χ4v) is 3.22. The molecule has 110 valence electrons. The monoisotopic (exact) mass is 274 g/mol. The van der Waals surface area contributed by atoms with Crippen LogP contribution in [0.5, 0.6) is 0 Å². The number of hydrogen-bond donors (Lipinski definition) is 1. The fourth-order valence-electron chi connectivity index (χ4n) is 3.22. The van der Waals surface area contributed by atoms with Crippen molar-refractivity contribution in [3.8, 4) is 0 Å². The number of anilines is 2. The molecule has 1 aliphatic heterocycles. The predicted octanol–water partition coefficient (Wildman–Crippen LogP) is 3.41. The number of hydrogen-bond acceptors (Lipinski definition) is 4. The summed E-state index contributed by atoms with van der Waals surface area (Å²) < 4.78 is 0. The van der Waals surface area contributed by atoms with Crippen molar-refractivity contribution in [2.75, 3.05) is 30.4 Å². The maximum Gasteiger partial charge on any atom is 0.136 e. The van der Waals surface area contributed by atoms with Crippen molar-refractivity contribution < 1.29 is 0 Å². The van der Waals surface area contributed by atoms with E-state index in [9.17, 15) is 0 Å². The molecule has 1 aliphatic carbocycles. The lowest BCUT2D eigenvalue weighted by Gasteiger charge is -2.27. The van der Waals surface area contributed by atoms with Gasteiger partial charge in [0.2, 0.25) is 0 Å². The van der Waals surface area contributed by atoms with E-state index in [1.165, 1.54) is 32.1 Å². The molecule has 1 saturated heterocycles. The van der Waals surface area contributed by atoms with Crippen LogP contribution in [0.2, 0.25) is 0 Å². The Bertz CT molecular complexity index is 477. The van der Waals surface area contributed by atoms with Gasteiger partial charge in [-0.2, -0.15) is 0 Å². The first kappa shape index (κ1) is 13.7. The Kier molecular flexibility index (Phi) is 3.57. The van der Waals surface area contributed by atoms with Gasteiger partial charge in [-0.05, 0) is 37.5 Å². The molecule has 1 aromatic heterocycles. The van der Waals surface area contributed by atoms with Crippen LogP contribution in [0.1, 0.15) is 57.7 Å². The van der Waals surface area contributed by atoms with Gasteiger partial charge in [0.05, 0.1) is 0 Å². The lowest BCUT2D eigenvalue weighted by atomic mass is 9.82. The van der Waals surface area contributed by atoms with Gasteiger partial charge in [-0.3, -0.25) is 0 Å². The van der Waals surface area contributed by atoms with Crippen molar-refractivity contribution in [1.29, 1.82) is 0 Å². The minimum Gasteiger partial charge on any atom is -0.373 e. The average molecular weight is 274 g/mol. The molecule has 0 spiro atoms. The second-order valence-electron chi connectivity index (χ2n) is 6.37. The van der Waals surface area contributed by atoms with Crippen molar-refractivity contribution in [1.82, 2.24) is 9.97 Å². The highest BCUT2D eigenvalue weighted by atomic mass is 15.2. The summed E-state index contributed by atoms with van der Waals surface area (Å²) in [5, 5.41) is 3.18. The molecule has 0 aromatic carbocycles. The Morgan fingerprint density at radius 3 is 2.60 bits per heavy atom. The van der Waals surface area contributed by atoms with E-state index in [1.54, 1.807) is 0 Å². The predicted molar refractivity (Wildman–Crippen MR) is 83.4 cm³/mol. The SMILES string of the molecule is CCC1(CC)CCN(c2cc(NC)nc(C3CC3)n2)C1. The normalized spacial score (nSPS) is 21.2. The Morgan fingerprint density at radius 2 is 2.05 bits per heavy atom. The van der Waals surface area contributed by atoms with E-state index in [2.05, 4.69) is 35.1 Å². The van der Waals surface area contributed by atoms with Crippen molar-refractivity contribution >= 4 is 11.6 Å². The first-order chi connectivity index (χ1) is 9.69. The maximum absolute atomic E-state index is 4.83. The topological polar surface area (TPSA) is 41.0 Å². The summed E-state index contributed by atoms with van der Waals surface area (Å²) >= 11 is 0. The van der Waals surface area contributed by atoms with Crippen LogP contribution in [0.4, 0.5) is 11.6 Å². The summed E-state index contributed by atoms with van der Waals surface area (Å²) in [5.74, 6) is 3.72. The third-order valence-corrected chi connectivity index (χ3v) is 5.19. The molecule has 0 radical (unpaired) electrons. The molecule has 0 amide bonds. The second-order valence-corrected chi connectivity index (χ2v) is 6.37. The fraction of sp³-hybridized carbons (Fsp3) is 0.750. The van der Waals surface area contributed by atoms with Gasteiger partial charge >= 0.3 is 0 Å². The molecule has 0 atom stereocenters. The molecule has 4 nitrogen and oxygen atoms in total. The Morgan fingerprint density at radius 1 is 1.30 bits per heavy atom. The standard InChI is InChI=1S/C16H26N4/c1-4-16(5-2)8-9-20(11-16)14-10-13(17-3)18-15(19-14)12-6-7-12/h10,12H,4-9,11H2,1-3H3,(H,17,18,19). The molecule has 3 rings (SSSR count). The summed E-state index contributed by atoms with van der Waals surface area (Å²) in [6.45, 7) is 6.92. The van der Waals surface area contributed by atoms with E-state index in [1.807, 2.05) is 7.05 Å². The van der Waals surface area contributed by atoms with Crippen molar-refractivity contribution in [3.05, 3.63) is 11.9 Å². The van der Waals surface area contributed by atoms with Crippen LogP contribution < -0.4 is 10.2 Å². The van der Waals surface area contributed by atoms with E-state index < -0.39 is 0 Å². The first-order valence-electron chi connectivity index (χ1n) is 8.01. The van der Waals surface area contributed by atoms with E-state index in [0.29, 0.717) is 11.3 Å². The van der Waals surface area contributed by atoms with Crippen LogP contribution in [0.15, 0.2) is 6.07 Å². The summed E-state index contributed by atoms with van der Waals surface area (Å²) in [6, 6.07) is 2.10. The van der Waals surface area contributed by atoms with Gasteiger partial charge in [-0.25, -0.2) is 9.97 Å². The van der Waals surface area contributed by atoms with Crippen LogP contribution in [0, 0.1) is 5.41 Å². The number of aromatic nitrogens is 2. The van der Waals surface area contributed by atoms with E-state index in [-0.39, 0.29) is 0 Å². The third kappa shape index (κ3) is 2.48. The molecule has 0 unspecified atom stereocenters. The molecule has 1 N–H and O–H groups in total. The van der Waals surface area contributed by atoms with Crippen molar-refractivity contribution in [2.24, 2.45) is 5.41 Å². The highest BCUT2D eigenvalue weighted by Gasteiger charge is 2.36. The molecule has 2 aliphatic rings. The van der Waals surface area contributed by atoms with Gasteiger partial charge in [0.25, 0.3) is 0 Å². The minimum absolute atomic E-state index is 0.491. The Labute approximate surface area is 122 Å². The molecular weight excluding hydrogens is 248 g/mol. The summed E-state index contributed by atoms with van der Waals surface area (Å²) in [5.41, 5.74) is 0.491. The third-order valence-electron chi connectivity index (χ3n) is 5.19. The van der Waals surface area contributed by atoms with Gasteiger partial charge in [-0.15, -0.1) is 0 Å². The molecule has 1 saturated carbocycles. The second kappa shape index (κ2) is 5.23. The smallest absolute Gasteiger partial charge is 0.136 e. The quantitative estimate of drug-likeness (QED) is 0.893. The zero-order valence-corrected chi connectivity index (χ0v) is 12.9. The zero-order valence-electron chi connectivity index (χ0n) is 12.9. The average Bonchev–Trinajstić information content (AvgIpc) is 3.26. The summed E-state index contributed by atoms with van der Waals surface area (Å²) in [4.78, 5) is 11.9.